The summed E-state index contributed by atoms with van der Waals surface area (Å²) in [5, 5.41) is 0. The zero-order chi connectivity index (χ0) is 15.6. The molecule has 3 aliphatic rings. The van der Waals surface area contributed by atoms with Crippen LogP contribution in [0.1, 0.15) is 47.0 Å². The first kappa shape index (κ1) is 14.4. The van der Waals surface area contributed by atoms with Crippen LogP contribution < -0.4 is 0 Å². The Balaban J connectivity index is 1.85. The predicted molar refractivity (Wildman–Crippen MR) is 76.5 cm³/mol. The normalized spacial score (nSPS) is 33.4. The molecule has 3 aliphatic heterocycles. The number of urea groups is 1. The molecule has 0 saturated carbocycles. The fourth-order valence-electron chi connectivity index (χ4n) is 3.80. The van der Waals surface area contributed by atoms with Gasteiger partial charge >= 0.3 is 6.03 Å². The number of imide groups is 1. The van der Waals surface area contributed by atoms with Crippen LogP contribution >= 0.6 is 0 Å². The standard InChI is InChI=1S/C15H23N3O3/c1-14(2,3)17-9-10(8-11(17)19)18-12(20)15(4)6-5-7-16(15)13(18)21/h10H,5-9H2,1-4H3/t10-,15+/m0/s1. The molecule has 0 N–H and O–H groups in total. The lowest BCUT2D eigenvalue weighted by molar-refractivity contribution is -0.133. The quantitative estimate of drug-likeness (QED) is 0.683. The molecular formula is C15H23N3O3. The third kappa shape index (κ3) is 1.88. The Bertz CT molecular complexity index is 525. The lowest BCUT2D eigenvalue weighted by atomic mass is 9.99. The minimum absolute atomic E-state index is 0.0188. The summed E-state index contributed by atoms with van der Waals surface area (Å²) >= 11 is 0. The van der Waals surface area contributed by atoms with Crippen LogP contribution in [0.4, 0.5) is 4.79 Å². The molecule has 6 nitrogen and oxygen atoms in total. The van der Waals surface area contributed by atoms with Gasteiger partial charge in [0.1, 0.15) is 5.54 Å². The van der Waals surface area contributed by atoms with Gasteiger partial charge in [-0.15, -0.1) is 0 Å². The monoisotopic (exact) mass is 293 g/mol. The molecule has 0 aromatic rings. The molecule has 6 heteroatoms. The van der Waals surface area contributed by atoms with E-state index in [-0.39, 0.29) is 35.8 Å². The summed E-state index contributed by atoms with van der Waals surface area (Å²) in [5.74, 6) is -0.108. The second kappa shape index (κ2) is 4.21. The van der Waals surface area contributed by atoms with Gasteiger partial charge in [0.05, 0.1) is 6.04 Å². The SMILES string of the molecule is CC(C)(C)N1C[C@@H](N2C(=O)N3CCC[C@]3(C)C2=O)CC1=O. The van der Waals surface area contributed by atoms with E-state index in [0.717, 1.165) is 12.8 Å². The fourth-order valence-corrected chi connectivity index (χ4v) is 3.80. The summed E-state index contributed by atoms with van der Waals surface area (Å²) in [5.41, 5.74) is -0.965. The van der Waals surface area contributed by atoms with Crippen LogP contribution in [0, 0.1) is 0 Å². The van der Waals surface area contributed by atoms with Crippen LogP contribution in [0.5, 0.6) is 0 Å². The van der Waals surface area contributed by atoms with Crippen molar-refractivity contribution in [3.63, 3.8) is 0 Å². The molecule has 116 valence electrons. The second-order valence-electron chi connectivity index (χ2n) is 7.52. The van der Waals surface area contributed by atoms with Crippen molar-refractivity contribution >= 4 is 17.8 Å². The van der Waals surface area contributed by atoms with E-state index >= 15 is 0 Å². The Labute approximate surface area is 125 Å². The van der Waals surface area contributed by atoms with Crippen LogP contribution in [0.2, 0.25) is 0 Å². The number of nitrogens with zero attached hydrogens (tertiary/aromatic N) is 3. The third-order valence-electron chi connectivity index (χ3n) is 5.04. The minimum atomic E-state index is -0.685. The Morgan fingerprint density at radius 2 is 1.86 bits per heavy atom. The second-order valence-corrected chi connectivity index (χ2v) is 7.52. The van der Waals surface area contributed by atoms with Crippen molar-refractivity contribution in [3.05, 3.63) is 0 Å². The van der Waals surface area contributed by atoms with Gasteiger partial charge in [-0.1, -0.05) is 0 Å². The molecule has 3 saturated heterocycles. The molecule has 2 atom stereocenters. The maximum Gasteiger partial charge on any atom is 0.328 e. The number of rotatable bonds is 1. The van der Waals surface area contributed by atoms with Gasteiger partial charge in [0.25, 0.3) is 5.91 Å². The van der Waals surface area contributed by atoms with E-state index in [2.05, 4.69) is 0 Å². The summed E-state index contributed by atoms with van der Waals surface area (Å²) in [6.45, 7) is 8.85. The average molecular weight is 293 g/mol. The van der Waals surface area contributed by atoms with E-state index < -0.39 is 5.54 Å². The van der Waals surface area contributed by atoms with Gasteiger partial charge in [-0.3, -0.25) is 14.5 Å². The van der Waals surface area contributed by atoms with Crippen molar-refractivity contribution in [2.45, 2.75) is 64.1 Å². The molecule has 0 radical (unpaired) electrons. The van der Waals surface area contributed by atoms with Crippen molar-refractivity contribution < 1.29 is 14.4 Å². The summed E-state index contributed by atoms with van der Waals surface area (Å²) in [6.07, 6.45) is 1.84. The number of likely N-dealkylation sites (tertiary alicyclic amines) is 1. The zero-order valence-corrected chi connectivity index (χ0v) is 13.2. The molecule has 3 heterocycles. The Kier molecular flexibility index (Phi) is 2.88. The number of carbonyl (C=O) groups is 3. The molecular weight excluding hydrogens is 270 g/mol. The smallest absolute Gasteiger partial charge is 0.328 e. The van der Waals surface area contributed by atoms with E-state index in [1.807, 2.05) is 27.7 Å². The third-order valence-corrected chi connectivity index (χ3v) is 5.04. The molecule has 0 unspecified atom stereocenters. The Morgan fingerprint density at radius 1 is 1.19 bits per heavy atom. The average Bonchev–Trinajstić information content (AvgIpc) is 2.97. The Hall–Kier alpha value is -1.59. The number of hydrogen-bond donors (Lipinski definition) is 0. The molecule has 0 bridgehead atoms. The summed E-state index contributed by atoms with van der Waals surface area (Å²) < 4.78 is 0. The first-order chi connectivity index (χ1) is 9.66. The Morgan fingerprint density at radius 3 is 2.38 bits per heavy atom. The van der Waals surface area contributed by atoms with Crippen molar-refractivity contribution in [1.82, 2.24) is 14.7 Å². The van der Waals surface area contributed by atoms with Crippen LogP contribution in [-0.4, -0.2) is 62.8 Å². The molecule has 21 heavy (non-hydrogen) atoms. The zero-order valence-electron chi connectivity index (χ0n) is 13.2. The van der Waals surface area contributed by atoms with Crippen LogP contribution in [0.25, 0.3) is 0 Å². The number of fused-ring (bicyclic) bond motifs is 1. The molecule has 3 rings (SSSR count). The van der Waals surface area contributed by atoms with E-state index in [9.17, 15) is 14.4 Å². The molecule has 0 spiro atoms. The van der Waals surface area contributed by atoms with Gasteiger partial charge in [-0.25, -0.2) is 4.79 Å². The van der Waals surface area contributed by atoms with E-state index in [0.29, 0.717) is 13.1 Å². The van der Waals surface area contributed by atoms with Crippen LogP contribution in [0.3, 0.4) is 0 Å². The first-order valence-corrected chi connectivity index (χ1v) is 7.62. The molecule has 0 aliphatic carbocycles. The van der Waals surface area contributed by atoms with Crippen molar-refractivity contribution in [2.75, 3.05) is 13.1 Å². The number of carbonyl (C=O) groups excluding carboxylic acids is 3. The molecule has 3 fully saturated rings. The van der Waals surface area contributed by atoms with E-state index in [1.54, 1.807) is 9.80 Å². The maximum absolute atomic E-state index is 12.7. The van der Waals surface area contributed by atoms with Gasteiger partial charge < -0.3 is 9.80 Å². The van der Waals surface area contributed by atoms with Crippen molar-refractivity contribution in [2.24, 2.45) is 0 Å². The molecule has 0 aromatic carbocycles. The van der Waals surface area contributed by atoms with Crippen molar-refractivity contribution in [1.29, 1.82) is 0 Å². The summed E-state index contributed by atoms with van der Waals surface area (Å²) in [6, 6.07) is -0.535. The lowest BCUT2D eigenvalue weighted by Gasteiger charge is -2.32. The first-order valence-electron chi connectivity index (χ1n) is 7.62. The van der Waals surface area contributed by atoms with Crippen LogP contribution in [0.15, 0.2) is 0 Å². The summed E-state index contributed by atoms with van der Waals surface area (Å²) in [7, 11) is 0. The highest BCUT2D eigenvalue weighted by Crippen LogP contribution is 2.39. The van der Waals surface area contributed by atoms with Gasteiger partial charge in [0.2, 0.25) is 5.91 Å². The summed E-state index contributed by atoms with van der Waals surface area (Å²) in [4.78, 5) is 42.2. The van der Waals surface area contributed by atoms with Gasteiger partial charge in [0.15, 0.2) is 0 Å². The van der Waals surface area contributed by atoms with Crippen LogP contribution in [-0.2, 0) is 9.59 Å². The number of amides is 4. The highest BCUT2D eigenvalue weighted by Gasteiger charge is 2.59. The maximum atomic E-state index is 12.7. The lowest BCUT2D eigenvalue weighted by Crippen LogP contribution is -2.47. The van der Waals surface area contributed by atoms with Gasteiger partial charge in [0, 0.05) is 25.0 Å². The fraction of sp³-hybridized carbons (Fsp3) is 0.800. The predicted octanol–water partition coefficient (Wildman–Crippen LogP) is 1.20. The topological polar surface area (TPSA) is 60.9 Å². The highest BCUT2D eigenvalue weighted by molar-refractivity contribution is 6.08. The molecule has 0 aromatic heterocycles. The van der Waals surface area contributed by atoms with Gasteiger partial charge in [-0.2, -0.15) is 0 Å². The van der Waals surface area contributed by atoms with E-state index in [1.165, 1.54) is 4.90 Å². The largest absolute Gasteiger partial charge is 0.336 e. The highest BCUT2D eigenvalue weighted by atomic mass is 16.2. The molecule has 4 amide bonds. The minimum Gasteiger partial charge on any atom is -0.336 e. The number of hydrogen-bond acceptors (Lipinski definition) is 3. The van der Waals surface area contributed by atoms with Gasteiger partial charge in [-0.05, 0) is 40.5 Å². The van der Waals surface area contributed by atoms with E-state index in [4.69, 9.17) is 0 Å². The van der Waals surface area contributed by atoms with Crippen molar-refractivity contribution in [3.8, 4) is 0 Å².